The molecule has 0 atom stereocenters. The van der Waals surface area contributed by atoms with E-state index in [1.165, 1.54) is 0 Å². The molecule has 7 heteroatoms. The molecule has 2 amide bonds. The molecule has 146 valence electrons. The second-order valence-electron chi connectivity index (χ2n) is 6.99. The highest BCUT2D eigenvalue weighted by Crippen LogP contribution is 2.16. The number of nitrogens with zero attached hydrogens (tertiary/aromatic N) is 2. The molecule has 6 nitrogen and oxygen atoms in total. The zero-order chi connectivity index (χ0) is 20.1. The van der Waals surface area contributed by atoms with Crippen molar-refractivity contribution in [3.8, 4) is 0 Å². The highest BCUT2D eigenvalue weighted by molar-refractivity contribution is 6.30. The number of rotatable bonds is 7. The van der Waals surface area contributed by atoms with Gasteiger partial charge in [-0.15, -0.1) is 0 Å². The minimum atomic E-state index is -0.223. The van der Waals surface area contributed by atoms with Crippen LogP contribution in [-0.2, 0) is 17.9 Å². The Morgan fingerprint density at radius 1 is 1.07 bits per heavy atom. The lowest BCUT2D eigenvalue weighted by atomic mass is 10.2. The Labute approximate surface area is 168 Å². The van der Waals surface area contributed by atoms with Crippen molar-refractivity contribution in [2.75, 3.05) is 6.54 Å². The fourth-order valence-electron chi connectivity index (χ4n) is 2.82. The van der Waals surface area contributed by atoms with Gasteiger partial charge < -0.3 is 15.2 Å². The Kier molecular flexibility index (Phi) is 6.31. The SMILES string of the molecule is CC(C)CNC(=O)Cn1c(CNC(=O)c2ccc(Cl)cc2)nc2ccccc21. The molecule has 0 aliphatic carbocycles. The van der Waals surface area contributed by atoms with Gasteiger partial charge in [0, 0.05) is 17.1 Å². The maximum atomic E-state index is 12.4. The minimum Gasteiger partial charge on any atom is -0.354 e. The summed E-state index contributed by atoms with van der Waals surface area (Å²) in [5.74, 6) is 0.700. The lowest BCUT2D eigenvalue weighted by Gasteiger charge is -2.12. The van der Waals surface area contributed by atoms with Crippen molar-refractivity contribution in [2.24, 2.45) is 5.92 Å². The largest absolute Gasteiger partial charge is 0.354 e. The van der Waals surface area contributed by atoms with Gasteiger partial charge in [0.15, 0.2) is 0 Å². The number of para-hydroxylation sites is 2. The maximum Gasteiger partial charge on any atom is 0.251 e. The average molecular weight is 399 g/mol. The number of nitrogens with one attached hydrogen (secondary N) is 2. The van der Waals surface area contributed by atoms with Gasteiger partial charge in [0.25, 0.3) is 5.91 Å². The van der Waals surface area contributed by atoms with E-state index in [4.69, 9.17) is 11.6 Å². The highest BCUT2D eigenvalue weighted by atomic mass is 35.5. The zero-order valence-corrected chi connectivity index (χ0v) is 16.7. The molecule has 0 bridgehead atoms. The molecule has 0 saturated heterocycles. The van der Waals surface area contributed by atoms with Crippen molar-refractivity contribution in [1.82, 2.24) is 20.2 Å². The fraction of sp³-hybridized carbons (Fsp3) is 0.286. The van der Waals surface area contributed by atoms with E-state index in [9.17, 15) is 9.59 Å². The first-order valence-corrected chi connectivity index (χ1v) is 9.56. The van der Waals surface area contributed by atoms with Crippen molar-refractivity contribution >= 4 is 34.4 Å². The molecule has 0 aliphatic heterocycles. The lowest BCUT2D eigenvalue weighted by Crippen LogP contribution is -2.32. The predicted molar refractivity (Wildman–Crippen MR) is 110 cm³/mol. The summed E-state index contributed by atoms with van der Waals surface area (Å²) in [6.45, 7) is 5.08. The van der Waals surface area contributed by atoms with Crippen LogP contribution in [0.25, 0.3) is 11.0 Å². The van der Waals surface area contributed by atoms with Crippen molar-refractivity contribution < 1.29 is 9.59 Å². The summed E-state index contributed by atoms with van der Waals surface area (Å²) < 4.78 is 1.84. The number of imidazole rings is 1. The van der Waals surface area contributed by atoms with Crippen LogP contribution < -0.4 is 10.6 Å². The van der Waals surface area contributed by atoms with Gasteiger partial charge >= 0.3 is 0 Å². The predicted octanol–water partition coefficient (Wildman–Crippen LogP) is 3.39. The van der Waals surface area contributed by atoms with Gasteiger partial charge in [0.1, 0.15) is 12.4 Å². The molecule has 3 rings (SSSR count). The minimum absolute atomic E-state index is 0.0814. The molecule has 2 N–H and O–H groups in total. The fourth-order valence-corrected chi connectivity index (χ4v) is 2.94. The molecule has 1 heterocycles. The topological polar surface area (TPSA) is 76.0 Å². The Balaban J connectivity index is 1.77. The molecule has 0 radical (unpaired) electrons. The Morgan fingerprint density at radius 2 is 1.79 bits per heavy atom. The van der Waals surface area contributed by atoms with Crippen LogP contribution in [0.3, 0.4) is 0 Å². The third-order valence-electron chi connectivity index (χ3n) is 4.26. The van der Waals surface area contributed by atoms with Gasteiger partial charge in [-0.25, -0.2) is 4.98 Å². The number of halogens is 1. The van der Waals surface area contributed by atoms with E-state index < -0.39 is 0 Å². The molecule has 0 saturated carbocycles. The Hall–Kier alpha value is -2.86. The molecule has 2 aromatic carbocycles. The zero-order valence-electron chi connectivity index (χ0n) is 15.9. The van der Waals surface area contributed by atoms with Crippen LogP contribution in [0, 0.1) is 5.92 Å². The van der Waals surface area contributed by atoms with Crippen molar-refractivity contribution in [3.63, 3.8) is 0 Å². The number of carbonyl (C=O) groups excluding carboxylic acids is 2. The van der Waals surface area contributed by atoms with Crippen LogP contribution in [0.15, 0.2) is 48.5 Å². The molecule has 0 fully saturated rings. The molecule has 28 heavy (non-hydrogen) atoms. The number of aromatic nitrogens is 2. The van der Waals surface area contributed by atoms with E-state index in [2.05, 4.69) is 15.6 Å². The average Bonchev–Trinajstić information content (AvgIpc) is 3.02. The van der Waals surface area contributed by atoms with Crippen LogP contribution in [0.4, 0.5) is 0 Å². The number of benzene rings is 2. The van der Waals surface area contributed by atoms with Crippen molar-refractivity contribution in [3.05, 3.63) is 64.9 Å². The van der Waals surface area contributed by atoms with Crippen molar-refractivity contribution in [2.45, 2.75) is 26.9 Å². The third kappa shape index (κ3) is 4.89. The van der Waals surface area contributed by atoms with E-state index in [1.807, 2.05) is 42.7 Å². The summed E-state index contributed by atoms with van der Waals surface area (Å²) in [7, 11) is 0. The van der Waals surface area contributed by atoms with Gasteiger partial charge in [0.05, 0.1) is 17.6 Å². The normalized spacial score (nSPS) is 11.0. The van der Waals surface area contributed by atoms with Crippen LogP contribution in [0.1, 0.15) is 30.0 Å². The first-order chi connectivity index (χ1) is 13.4. The molecule has 0 spiro atoms. The van der Waals surface area contributed by atoms with E-state index in [0.29, 0.717) is 28.9 Å². The lowest BCUT2D eigenvalue weighted by molar-refractivity contribution is -0.121. The standard InChI is InChI=1S/C21H23ClN4O2/c1-14(2)11-23-20(27)13-26-18-6-4-3-5-17(18)25-19(26)12-24-21(28)15-7-9-16(22)10-8-15/h3-10,14H,11-13H2,1-2H3,(H,23,27)(H,24,28). The number of amides is 2. The third-order valence-corrected chi connectivity index (χ3v) is 4.51. The van der Waals surface area contributed by atoms with Gasteiger partial charge in [-0.3, -0.25) is 9.59 Å². The second kappa shape index (κ2) is 8.89. The molecule has 3 aromatic rings. The molecular formula is C21H23ClN4O2. The van der Waals surface area contributed by atoms with Gasteiger partial charge in [0.2, 0.25) is 5.91 Å². The first kappa shape index (κ1) is 19.9. The number of hydrogen-bond donors (Lipinski definition) is 2. The van der Waals surface area contributed by atoms with Gasteiger partial charge in [-0.1, -0.05) is 37.6 Å². The summed E-state index contributed by atoms with van der Waals surface area (Å²) in [6.07, 6.45) is 0. The summed E-state index contributed by atoms with van der Waals surface area (Å²) in [6, 6.07) is 14.3. The van der Waals surface area contributed by atoms with E-state index in [1.54, 1.807) is 24.3 Å². The summed E-state index contributed by atoms with van der Waals surface area (Å²) in [5, 5.41) is 6.36. The molecule has 0 unspecified atom stereocenters. The number of fused-ring (bicyclic) bond motifs is 1. The smallest absolute Gasteiger partial charge is 0.251 e. The molecular weight excluding hydrogens is 376 g/mol. The number of carbonyl (C=O) groups is 2. The highest BCUT2D eigenvalue weighted by Gasteiger charge is 2.15. The van der Waals surface area contributed by atoms with Gasteiger partial charge in [-0.05, 0) is 42.3 Å². The summed E-state index contributed by atoms with van der Waals surface area (Å²) in [5.41, 5.74) is 2.16. The number of hydrogen-bond acceptors (Lipinski definition) is 3. The molecule has 0 aliphatic rings. The van der Waals surface area contributed by atoms with Crippen LogP contribution >= 0.6 is 11.6 Å². The van der Waals surface area contributed by atoms with Crippen LogP contribution in [-0.4, -0.2) is 27.9 Å². The monoisotopic (exact) mass is 398 g/mol. The van der Waals surface area contributed by atoms with Crippen LogP contribution in [0.5, 0.6) is 0 Å². The van der Waals surface area contributed by atoms with E-state index >= 15 is 0 Å². The Bertz CT molecular complexity index is 980. The van der Waals surface area contributed by atoms with Crippen LogP contribution in [0.2, 0.25) is 5.02 Å². The summed E-state index contributed by atoms with van der Waals surface area (Å²) in [4.78, 5) is 29.3. The Morgan fingerprint density at radius 3 is 2.50 bits per heavy atom. The summed E-state index contributed by atoms with van der Waals surface area (Å²) >= 11 is 5.87. The first-order valence-electron chi connectivity index (χ1n) is 9.18. The van der Waals surface area contributed by atoms with E-state index in [0.717, 1.165) is 11.0 Å². The maximum absolute atomic E-state index is 12.4. The van der Waals surface area contributed by atoms with Gasteiger partial charge in [-0.2, -0.15) is 0 Å². The quantitative estimate of drug-likeness (QED) is 0.640. The van der Waals surface area contributed by atoms with Crippen molar-refractivity contribution in [1.29, 1.82) is 0 Å². The molecule has 1 aromatic heterocycles. The second-order valence-corrected chi connectivity index (χ2v) is 7.43. The van der Waals surface area contributed by atoms with E-state index in [-0.39, 0.29) is 24.9 Å².